The van der Waals surface area contributed by atoms with Gasteiger partial charge in [-0.25, -0.2) is 4.98 Å². The van der Waals surface area contributed by atoms with Crippen molar-refractivity contribution in [2.24, 2.45) is 0 Å². The Morgan fingerprint density at radius 2 is 2.07 bits per heavy atom. The summed E-state index contributed by atoms with van der Waals surface area (Å²) in [5.74, 6) is 1.18. The first-order valence-corrected chi connectivity index (χ1v) is 5.22. The second kappa shape index (κ2) is 4.19. The Hall–Kier alpha value is -1.42. The molecule has 0 aliphatic heterocycles. The summed E-state index contributed by atoms with van der Waals surface area (Å²) in [5, 5.41) is 10.1. The number of imidazole rings is 1. The topological polar surface area (TPSA) is 48.9 Å². The molecule has 0 aliphatic carbocycles. The maximum absolute atomic E-state index is 9.09. The summed E-state index contributed by atoms with van der Waals surface area (Å²) in [7, 11) is 0. The number of H-pyrrole nitrogens is 1. The van der Waals surface area contributed by atoms with E-state index < -0.39 is 0 Å². The third kappa shape index (κ3) is 2.29. The number of nitrogens with zero attached hydrogens (tertiary/aromatic N) is 1. The van der Waals surface area contributed by atoms with Crippen LogP contribution in [0.25, 0.3) is 0 Å². The lowest BCUT2D eigenvalue weighted by molar-refractivity contribution is 0.475. The summed E-state index contributed by atoms with van der Waals surface area (Å²) in [4.78, 5) is 6.95. The second-order valence-corrected chi connectivity index (χ2v) is 3.89. The third-order valence-corrected chi connectivity index (χ3v) is 2.82. The minimum atomic E-state index is 0.306. The van der Waals surface area contributed by atoms with Crippen molar-refractivity contribution >= 4 is 11.8 Å². The Morgan fingerprint density at radius 3 is 2.71 bits per heavy atom. The Morgan fingerprint density at radius 1 is 1.29 bits per heavy atom. The average molecular weight is 206 g/mol. The number of phenols is 1. The predicted molar refractivity (Wildman–Crippen MR) is 56.3 cm³/mol. The van der Waals surface area contributed by atoms with Crippen LogP contribution in [-0.2, 0) is 5.75 Å². The van der Waals surface area contributed by atoms with E-state index in [-0.39, 0.29) is 0 Å². The first-order valence-electron chi connectivity index (χ1n) is 4.24. The molecule has 0 aliphatic rings. The molecule has 1 aromatic heterocycles. The highest BCUT2D eigenvalue weighted by Gasteiger charge is 1.96. The van der Waals surface area contributed by atoms with Crippen LogP contribution in [0.2, 0.25) is 0 Å². The van der Waals surface area contributed by atoms with E-state index in [0.717, 1.165) is 10.8 Å². The number of nitrogens with one attached hydrogen (secondary N) is 1. The van der Waals surface area contributed by atoms with Gasteiger partial charge in [0.05, 0.1) is 17.6 Å². The number of aromatic nitrogens is 2. The lowest BCUT2D eigenvalue weighted by Crippen LogP contribution is -1.79. The van der Waals surface area contributed by atoms with Crippen molar-refractivity contribution in [2.45, 2.75) is 10.8 Å². The number of phenolic OH excluding ortho intramolecular Hbond substituents is 1. The highest BCUT2D eigenvalue weighted by Crippen LogP contribution is 2.20. The molecule has 3 nitrogen and oxygen atoms in total. The molecule has 0 spiro atoms. The van der Waals surface area contributed by atoms with Gasteiger partial charge in [0.25, 0.3) is 0 Å². The molecule has 0 saturated carbocycles. The summed E-state index contributed by atoms with van der Waals surface area (Å²) < 4.78 is 0. The number of rotatable bonds is 3. The van der Waals surface area contributed by atoms with Gasteiger partial charge in [-0.1, -0.05) is 12.1 Å². The molecular formula is C10H10N2OS. The van der Waals surface area contributed by atoms with Crippen molar-refractivity contribution in [2.75, 3.05) is 0 Å². The van der Waals surface area contributed by atoms with Crippen molar-refractivity contribution in [3.63, 3.8) is 0 Å². The zero-order valence-corrected chi connectivity index (χ0v) is 8.29. The van der Waals surface area contributed by atoms with Crippen LogP contribution in [0.15, 0.2) is 41.8 Å². The van der Waals surface area contributed by atoms with E-state index in [0.29, 0.717) is 5.75 Å². The van der Waals surface area contributed by atoms with E-state index >= 15 is 0 Å². The first kappa shape index (κ1) is 9.15. The molecule has 0 amide bonds. The quantitative estimate of drug-likeness (QED) is 0.758. The fraction of sp³-hybridized carbons (Fsp3) is 0.100. The fourth-order valence-electron chi connectivity index (χ4n) is 1.08. The van der Waals surface area contributed by atoms with Crippen molar-refractivity contribution in [1.29, 1.82) is 0 Å². The van der Waals surface area contributed by atoms with Crippen LogP contribution in [0.5, 0.6) is 5.75 Å². The van der Waals surface area contributed by atoms with E-state index in [1.54, 1.807) is 36.4 Å². The van der Waals surface area contributed by atoms with E-state index in [9.17, 15) is 0 Å². The van der Waals surface area contributed by atoms with Crippen molar-refractivity contribution in [3.8, 4) is 5.75 Å². The number of benzene rings is 1. The van der Waals surface area contributed by atoms with E-state index in [4.69, 9.17) is 5.11 Å². The van der Waals surface area contributed by atoms with Crippen LogP contribution >= 0.6 is 11.8 Å². The van der Waals surface area contributed by atoms with Crippen LogP contribution in [0.1, 0.15) is 5.56 Å². The van der Waals surface area contributed by atoms with Gasteiger partial charge in [-0.2, -0.15) is 0 Å². The monoisotopic (exact) mass is 206 g/mol. The Labute approximate surface area is 86.2 Å². The normalized spacial score (nSPS) is 10.3. The lowest BCUT2D eigenvalue weighted by Gasteiger charge is -1.99. The van der Waals surface area contributed by atoms with Crippen LogP contribution in [0, 0.1) is 0 Å². The summed E-state index contributed by atoms with van der Waals surface area (Å²) >= 11 is 1.69. The molecule has 4 heteroatoms. The average Bonchev–Trinajstić information content (AvgIpc) is 2.70. The Bertz CT molecular complexity index is 383. The highest BCUT2D eigenvalue weighted by molar-refractivity contribution is 7.98. The molecule has 0 saturated heterocycles. The van der Waals surface area contributed by atoms with Crippen LogP contribution in [0.3, 0.4) is 0 Å². The molecule has 2 N–H and O–H groups in total. The molecule has 1 aromatic carbocycles. The maximum atomic E-state index is 9.09. The van der Waals surface area contributed by atoms with Gasteiger partial charge < -0.3 is 10.1 Å². The van der Waals surface area contributed by atoms with Gasteiger partial charge in [-0.05, 0) is 17.7 Å². The summed E-state index contributed by atoms with van der Waals surface area (Å²) in [6.45, 7) is 0. The Balaban J connectivity index is 1.95. The second-order valence-electron chi connectivity index (χ2n) is 2.87. The maximum Gasteiger partial charge on any atom is 0.115 e. The van der Waals surface area contributed by atoms with Crippen molar-refractivity contribution < 1.29 is 5.11 Å². The van der Waals surface area contributed by atoms with Gasteiger partial charge in [0, 0.05) is 5.75 Å². The zero-order chi connectivity index (χ0) is 9.80. The summed E-state index contributed by atoms with van der Waals surface area (Å²) in [6.07, 6.45) is 3.46. The number of thioether (sulfide) groups is 1. The molecule has 0 fully saturated rings. The SMILES string of the molecule is Oc1ccc(CSc2cnc[nH]2)cc1. The van der Waals surface area contributed by atoms with E-state index in [1.807, 2.05) is 12.1 Å². The lowest BCUT2D eigenvalue weighted by atomic mass is 10.2. The Kier molecular flexibility index (Phi) is 2.74. The van der Waals surface area contributed by atoms with E-state index in [2.05, 4.69) is 9.97 Å². The van der Waals surface area contributed by atoms with Gasteiger partial charge in [0.1, 0.15) is 5.75 Å². The molecule has 14 heavy (non-hydrogen) atoms. The van der Waals surface area contributed by atoms with Gasteiger partial charge in [0.15, 0.2) is 0 Å². The zero-order valence-electron chi connectivity index (χ0n) is 7.47. The molecule has 0 bridgehead atoms. The number of hydrogen-bond donors (Lipinski definition) is 2. The molecule has 0 atom stereocenters. The van der Waals surface area contributed by atoms with E-state index in [1.165, 1.54) is 5.56 Å². The molecule has 1 heterocycles. The largest absolute Gasteiger partial charge is 0.508 e. The number of hydrogen-bond acceptors (Lipinski definition) is 3. The van der Waals surface area contributed by atoms with Gasteiger partial charge in [0.2, 0.25) is 0 Å². The summed E-state index contributed by atoms with van der Waals surface area (Å²) in [5.41, 5.74) is 1.18. The smallest absolute Gasteiger partial charge is 0.115 e. The number of aromatic amines is 1. The molecule has 72 valence electrons. The molecule has 0 radical (unpaired) electrons. The molecule has 2 aromatic rings. The van der Waals surface area contributed by atoms with Crippen LogP contribution in [0.4, 0.5) is 0 Å². The van der Waals surface area contributed by atoms with Crippen molar-refractivity contribution in [3.05, 3.63) is 42.4 Å². The highest BCUT2D eigenvalue weighted by atomic mass is 32.2. The third-order valence-electron chi connectivity index (χ3n) is 1.80. The van der Waals surface area contributed by atoms with Crippen molar-refractivity contribution in [1.82, 2.24) is 9.97 Å². The van der Waals surface area contributed by atoms with Gasteiger partial charge in [-0.15, -0.1) is 11.8 Å². The molecule has 2 rings (SSSR count). The predicted octanol–water partition coefficient (Wildman–Crippen LogP) is 2.41. The fourth-order valence-corrected chi connectivity index (χ4v) is 1.86. The van der Waals surface area contributed by atoms with Gasteiger partial charge >= 0.3 is 0 Å². The minimum absolute atomic E-state index is 0.306. The summed E-state index contributed by atoms with van der Waals surface area (Å²) in [6, 6.07) is 7.23. The van der Waals surface area contributed by atoms with Crippen LogP contribution in [-0.4, -0.2) is 15.1 Å². The first-order chi connectivity index (χ1) is 6.84. The standard InChI is InChI=1S/C10H10N2OS/c13-9-3-1-8(2-4-9)6-14-10-5-11-7-12-10/h1-5,7,13H,6H2,(H,11,12). The van der Waals surface area contributed by atoms with Gasteiger partial charge in [-0.3, -0.25) is 0 Å². The molecule has 0 unspecified atom stereocenters. The molecular weight excluding hydrogens is 196 g/mol. The number of aromatic hydroxyl groups is 1. The van der Waals surface area contributed by atoms with Crippen LogP contribution < -0.4 is 0 Å². The minimum Gasteiger partial charge on any atom is -0.508 e.